The molecule has 32 heavy (non-hydrogen) atoms. The molecule has 0 fully saturated rings. The van der Waals surface area contributed by atoms with Crippen LogP contribution in [-0.2, 0) is 16.9 Å². The zero-order chi connectivity index (χ0) is 23.4. The molecule has 1 aliphatic rings. The van der Waals surface area contributed by atoms with Gasteiger partial charge in [0.25, 0.3) is 0 Å². The van der Waals surface area contributed by atoms with E-state index in [-0.39, 0.29) is 11.5 Å². The van der Waals surface area contributed by atoms with Gasteiger partial charge in [0.1, 0.15) is 5.75 Å². The van der Waals surface area contributed by atoms with Gasteiger partial charge < -0.3 is 14.9 Å². The Bertz CT molecular complexity index is 1270. The number of hydrogen-bond acceptors (Lipinski definition) is 5. The number of fused-ring (bicyclic) bond motifs is 3. The van der Waals surface area contributed by atoms with Gasteiger partial charge in [0.05, 0.1) is 25.5 Å². The Morgan fingerprint density at radius 1 is 1.19 bits per heavy atom. The van der Waals surface area contributed by atoms with Gasteiger partial charge in [0.2, 0.25) is 0 Å². The average Bonchev–Trinajstić information content (AvgIpc) is 3.24. The Kier molecular flexibility index (Phi) is 5.11. The summed E-state index contributed by atoms with van der Waals surface area (Å²) in [6.45, 7) is 9.92. The van der Waals surface area contributed by atoms with E-state index < -0.39 is 11.5 Å². The highest BCUT2D eigenvalue weighted by molar-refractivity contribution is 5.79. The lowest BCUT2D eigenvalue weighted by Crippen LogP contribution is -2.43. The molecule has 0 unspecified atom stereocenters. The van der Waals surface area contributed by atoms with Gasteiger partial charge in [-0.25, -0.2) is 4.79 Å². The lowest BCUT2D eigenvalue weighted by Gasteiger charge is -2.38. The van der Waals surface area contributed by atoms with E-state index in [1.165, 1.54) is 4.68 Å². The number of methoxy groups -OCH3 is 1. The fraction of sp³-hybridized carbons (Fsp3) is 0.375. The summed E-state index contributed by atoms with van der Waals surface area (Å²) in [5.74, 6) is -0.330. The monoisotopic (exact) mass is 436 g/mol. The van der Waals surface area contributed by atoms with E-state index in [0.717, 1.165) is 27.9 Å². The highest BCUT2D eigenvalue weighted by Gasteiger charge is 2.31. The maximum absolute atomic E-state index is 12.4. The summed E-state index contributed by atoms with van der Waals surface area (Å²) < 4.78 is 9.19. The largest absolute Gasteiger partial charge is 0.496 e. The van der Waals surface area contributed by atoms with Crippen LogP contribution in [0.5, 0.6) is 5.75 Å². The highest BCUT2D eigenvalue weighted by atomic mass is 16.5. The van der Waals surface area contributed by atoms with E-state index >= 15 is 0 Å². The Hall–Kier alpha value is -3.55. The predicted molar refractivity (Wildman–Crippen MR) is 123 cm³/mol. The van der Waals surface area contributed by atoms with E-state index in [1.807, 2.05) is 25.3 Å². The third-order valence-corrected chi connectivity index (χ3v) is 6.12. The second-order valence-electron chi connectivity index (χ2n) is 8.99. The van der Waals surface area contributed by atoms with Gasteiger partial charge in [-0.3, -0.25) is 14.2 Å². The molecule has 1 aliphatic heterocycles. The van der Waals surface area contributed by atoms with Crippen molar-refractivity contribution in [1.82, 2.24) is 14.5 Å². The molecule has 0 spiro atoms. The predicted octanol–water partition coefficient (Wildman–Crippen LogP) is 3.38. The fourth-order valence-corrected chi connectivity index (χ4v) is 3.97. The van der Waals surface area contributed by atoms with Crippen LogP contribution in [0.4, 0.5) is 0 Å². The SMILES string of the molecule is COc1cc2c(cc1-c1cnn(C(C)(C)C(=O)O)c1)CN(C(C)C)n1cc(C)c(=O)cc1-2. The van der Waals surface area contributed by atoms with Crippen molar-refractivity contribution in [3.8, 4) is 28.1 Å². The minimum absolute atomic E-state index is 0.00646. The smallest absolute Gasteiger partial charge is 0.331 e. The quantitative estimate of drug-likeness (QED) is 0.660. The van der Waals surface area contributed by atoms with Crippen LogP contribution in [0.3, 0.4) is 0 Å². The molecule has 8 nitrogen and oxygen atoms in total. The van der Waals surface area contributed by atoms with Crippen LogP contribution in [0.2, 0.25) is 0 Å². The van der Waals surface area contributed by atoms with Gasteiger partial charge in [-0.15, -0.1) is 0 Å². The van der Waals surface area contributed by atoms with Crippen molar-refractivity contribution in [2.75, 3.05) is 12.1 Å². The van der Waals surface area contributed by atoms with Crippen molar-refractivity contribution in [3.63, 3.8) is 0 Å². The molecule has 2 aromatic heterocycles. The molecule has 0 atom stereocenters. The maximum atomic E-state index is 12.4. The van der Waals surface area contributed by atoms with Gasteiger partial charge >= 0.3 is 5.97 Å². The number of carbonyl (C=O) groups is 1. The van der Waals surface area contributed by atoms with Gasteiger partial charge in [-0.2, -0.15) is 5.10 Å². The van der Waals surface area contributed by atoms with Crippen LogP contribution in [-0.4, -0.2) is 38.7 Å². The number of pyridine rings is 1. The fourth-order valence-electron chi connectivity index (χ4n) is 3.97. The number of carboxylic acids is 1. The number of ether oxygens (including phenoxy) is 1. The molecule has 0 amide bonds. The second-order valence-corrected chi connectivity index (χ2v) is 8.99. The first-order chi connectivity index (χ1) is 15.0. The summed E-state index contributed by atoms with van der Waals surface area (Å²) in [4.78, 5) is 24.1. The molecule has 0 saturated heterocycles. The van der Waals surface area contributed by atoms with E-state index in [1.54, 1.807) is 39.4 Å². The standard InChI is InChI=1S/C24H28N4O4/c1-14(2)26-12-16-7-19(17-10-25-28(13-17)24(4,5)23(30)31)22(32-6)8-18(16)20-9-21(29)15(3)11-27(20)26/h7-11,13-14H,12H2,1-6H3,(H,30,31). The van der Waals surface area contributed by atoms with Crippen molar-refractivity contribution in [2.24, 2.45) is 0 Å². The van der Waals surface area contributed by atoms with Gasteiger partial charge in [-0.1, -0.05) is 0 Å². The zero-order valence-electron chi connectivity index (χ0n) is 19.2. The summed E-state index contributed by atoms with van der Waals surface area (Å²) in [5.41, 5.74) is 3.93. The normalized spacial score (nSPS) is 13.2. The van der Waals surface area contributed by atoms with E-state index in [0.29, 0.717) is 17.9 Å². The molecule has 0 saturated carbocycles. The summed E-state index contributed by atoms with van der Waals surface area (Å²) in [7, 11) is 1.60. The number of rotatable bonds is 5. The molecular formula is C24H28N4O4. The van der Waals surface area contributed by atoms with Crippen LogP contribution in [0.1, 0.15) is 38.8 Å². The molecule has 3 aromatic rings. The Labute approximate surface area is 186 Å². The molecular weight excluding hydrogens is 408 g/mol. The summed E-state index contributed by atoms with van der Waals surface area (Å²) in [6, 6.07) is 5.89. The van der Waals surface area contributed by atoms with E-state index in [9.17, 15) is 14.7 Å². The topological polar surface area (TPSA) is 89.6 Å². The number of carboxylic acid groups (broad SMARTS) is 1. The molecule has 168 valence electrons. The molecule has 3 heterocycles. The Balaban J connectivity index is 1.90. The maximum Gasteiger partial charge on any atom is 0.331 e. The molecule has 1 aromatic carbocycles. The van der Waals surface area contributed by atoms with Crippen LogP contribution >= 0.6 is 0 Å². The third kappa shape index (κ3) is 3.36. The first-order valence-corrected chi connectivity index (χ1v) is 10.5. The van der Waals surface area contributed by atoms with Crippen LogP contribution in [0.25, 0.3) is 22.4 Å². The molecule has 0 radical (unpaired) electrons. The van der Waals surface area contributed by atoms with Crippen molar-refractivity contribution in [3.05, 3.63) is 58.1 Å². The Morgan fingerprint density at radius 2 is 1.91 bits per heavy atom. The minimum Gasteiger partial charge on any atom is -0.496 e. The second kappa shape index (κ2) is 7.55. The van der Waals surface area contributed by atoms with E-state index in [4.69, 9.17) is 4.74 Å². The molecule has 0 bridgehead atoms. The average molecular weight is 437 g/mol. The van der Waals surface area contributed by atoms with Crippen LogP contribution < -0.4 is 15.2 Å². The molecule has 8 heteroatoms. The summed E-state index contributed by atoms with van der Waals surface area (Å²) in [5, 5.41) is 16.0. The van der Waals surface area contributed by atoms with Crippen molar-refractivity contribution in [2.45, 2.75) is 52.7 Å². The van der Waals surface area contributed by atoms with Gasteiger partial charge in [0.15, 0.2) is 11.0 Å². The van der Waals surface area contributed by atoms with Crippen LogP contribution in [0, 0.1) is 6.92 Å². The number of aromatic nitrogens is 3. The summed E-state index contributed by atoms with van der Waals surface area (Å²) in [6.07, 6.45) is 5.27. The first-order valence-electron chi connectivity index (χ1n) is 10.5. The molecule has 1 N–H and O–H groups in total. The lowest BCUT2D eigenvalue weighted by atomic mass is 9.95. The van der Waals surface area contributed by atoms with Crippen LogP contribution in [0.15, 0.2) is 41.6 Å². The number of hydrogen-bond donors (Lipinski definition) is 1. The van der Waals surface area contributed by atoms with Crippen molar-refractivity contribution >= 4 is 5.97 Å². The number of nitrogens with zero attached hydrogens (tertiary/aromatic N) is 4. The molecule has 4 rings (SSSR count). The number of aryl methyl sites for hydroxylation is 1. The minimum atomic E-state index is -1.17. The number of aliphatic carboxylic acids is 1. The lowest BCUT2D eigenvalue weighted by molar-refractivity contribution is -0.146. The van der Waals surface area contributed by atoms with Crippen molar-refractivity contribution in [1.29, 1.82) is 0 Å². The van der Waals surface area contributed by atoms with Gasteiger partial charge in [0, 0.05) is 46.8 Å². The third-order valence-electron chi connectivity index (χ3n) is 6.12. The Morgan fingerprint density at radius 3 is 2.53 bits per heavy atom. The highest BCUT2D eigenvalue weighted by Crippen LogP contribution is 2.39. The first kappa shape index (κ1) is 21.7. The van der Waals surface area contributed by atoms with Gasteiger partial charge in [-0.05, 0) is 52.3 Å². The van der Waals surface area contributed by atoms with Crippen molar-refractivity contribution < 1.29 is 14.6 Å². The molecule has 0 aliphatic carbocycles. The van der Waals surface area contributed by atoms with E-state index in [2.05, 4.69) is 28.6 Å². The zero-order valence-corrected chi connectivity index (χ0v) is 19.2. The number of benzene rings is 1. The summed E-state index contributed by atoms with van der Waals surface area (Å²) >= 11 is 0.